The largest absolute Gasteiger partial charge is 0.463 e. The minimum Gasteiger partial charge on any atom is -0.463 e. The Bertz CT molecular complexity index is 968. The highest BCUT2D eigenvalue weighted by Gasteiger charge is 2.05. The van der Waals surface area contributed by atoms with Gasteiger partial charge in [-0.15, -0.1) is 0 Å². The van der Waals surface area contributed by atoms with E-state index in [4.69, 9.17) is 4.42 Å². The minimum absolute atomic E-state index is 0.0303. The van der Waals surface area contributed by atoms with Gasteiger partial charge in [-0.25, -0.2) is 0 Å². The molecule has 3 rings (SSSR count). The summed E-state index contributed by atoms with van der Waals surface area (Å²) in [6.45, 7) is 1.93. The molecular formula is C18H13NO4. The maximum absolute atomic E-state index is 12.4. The van der Waals surface area contributed by atoms with Crippen molar-refractivity contribution in [1.82, 2.24) is 0 Å². The van der Waals surface area contributed by atoms with Crippen LogP contribution in [0.4, 0.5) is 5.69 Å². The van der Waals surface area contributed by atoms with Gasteiger partial charge >= 0.3 is 0 Å². The molecule has 3 aromatic rings. The molecule has 0 spiro atoms. The van der Waals surface area contributed by atoms with E-state index in [9.17, 15) is 14.9 Å². The van der Waals surface area contributed by atoms with Crippen molar-refractivity contribution < 1.29 is 9.34 Å². The van der Waals surface area contributed by atoms with Gasteiger partial charge in [-0.05, 0) is 48.4 Å². The van der Waals surface area contributed by atoms with Crippen LogP contribution >= 0.6 is 0 Å². The Kier molecular flexibility index (Phi) is 3.76. The van der Waals surface area contributed by atoms with Crippen molar-refractivity contribution >= 4 is 28.8 Å². The first-order chi connectivity index (χ1) is 11.0. The van der Waals surface area contributed by atoms with Gasteiger partial charge in [0.25, 0.3) is 5.69 Å². The minimum atomic E-state index is -0.451. The van der Waals surface area contributed by atoms with Crippen LogP contribution < -0.4 is 5.43 Å². The highest BCUT2D eigenvalue weighted by atomic mass is 16.6. The Morgan fingerprint density at radius 2 is 1.83 bits per heavy atom. The van der Waals surface area contributed by atoms with Crippen LogP contribution in [-0.4, -0.2) is 4.92 Å². The Hall–Kier alpha value is -3.21. The van der Waals surface area contributed by atoms with Gasteiger partial charge in [0.2, 0.25) is 0 Å². The van der Waals surface area contributed by atoms with Crippen LogP contribution in [0.1, 0.15) is 16.7 Å². The quantitative estimate of drug-likeness (QED) is 0.537. The predicted molar refractivity (Wildman–Crippen MR) is 89.2 cm³/mol. The average molecular weight is 307 g/mol. The molecule has 1 aromatic heterocycles. The number of benzene rings is 2. The van der Waals surface area contributed by atoms with E-state index >= 15 is 0 Å². The molecule has 5 heteroatoms. The van der Waals surface area contributed by atoms with Crippen LogP contribution in [0.3, 0.4) is 0 Å². The second kappa shape index (κ2) is 5.88. The number of nitro groups is 1. The summed E-state index contributed by atoms with van der Waals surface area (Å²) < 4.78 is 5.50. The number of fused-ring (bicyclic) bond motifs is 1. The highest BCUT2D eigenvalue weighted by molar-refractivity contribution is 5.81. The van der Waals surface area contributed by atoms with E-state index in [0.29, 0.717) is 16.5 Å². The van der Waals surface area contributed by atoms with Crippen LogP contribution in [0, 0.1) is 17.0 Å². The fraction of sp³-hybridized carbons (Fsp3) is 0.0556. The van der Waals surface area contributed by atoms with Gasteiger partial charge in [-0.3, -0.25) is 14.9 Å². The van der Waals surface area contributed by atoms with Gasteiger partial charge in [0.05, 0.1) is 15.9 Å². The lowest BCUT2D eigenvalue weighted by Crippen LogP contribution is -2.04. The summed E-state index contributed by atoms with van der Waals surface area (Å²) in [6.07, 6.45) is 4.79. The Morgan fingerprint density at radius 3 is 2.52 bits per heavy atom. The van der Waals surface area contributed by atoms with Gasteiger partial charge < -0.3 is 4.42 Å². The van der Waals surface area contributed by atoms with E-state index in [2.05, 4.69) is 0 Å². The monoisotopic (exact) mass is 307 g/mol. The van der Waals surface area contributed by atoms with Crippen LogP contribution in [0.2, 0.25) is 0 Å². The molecule has 0 saturated carbocycles. The summed E-state index contributed by atoms with van der Waals surface area (Å²) in [5.74, 6) is 0. The third kappa shape index (κ3) is 3.03. The molecule has 0 aliphatic heterocycles. The summed E-state index contributed by atoms with van der Waals surface area (Å²) in [5, 5.41) is 11.1. The normalized spacial score (nSPS) is 11.2. The smallest absolute Gasteiger partial charge is 0.269 e. The number of rotatable bonds is 3. The van der Waals surface area contributed by atoms with Gasteiger partial charge in [0.15, 0.2) is 5.43 Å². The molecule has 1 heterocycles. The highest BCUT2D eigenvalue weighted by Crippen LogP contribution is 2.16. The van der Waals surface area contributed by atoms with Crippen molar-refractivity contribution in [2.45, 2.75) is 6.92 Å². The SMILES string of the molecule is Cc1ccc2c(=O)c(/C=C/c3ccc([N+](=O)[O-])cc3)coc2c1. The molecule has 0 radical (unpaired) electrons. The second-order valence-corrected chi connectivity index (χ2v) is 5.20. The third-order valence-electron chi connectivity index (χ3n) is 3.52. The summed E-state index contributed by atoms with van der Waals surface area (Å²) in [4.78, 5) is 22.6. The summed E-state index contributed by atoms with van der Waals surface area (Å²) in [5.41, 5.74) is 2.70. The van der Waals surface area contributed by atoms with E-state index in [-0.39, 0.29) is 11.1 Å². The van der Waals surface area contributed by atoms with Crippen molar-refractivity contribution in [1.29, 1.82) is 0 Å². The molecule has 23 heavy (non-hydrogen) atoms. The van der Waals surface area contributed by atoms with Gasteiger partial charge in [-0.2, -0.15) is 0 Å². The molecule has 2 aromatic carbocycles. The maximum atomic E-state index is 12.4. The average Bonchev–Trinajstić information content (AvgIpc) is 2.54. The van der Waals surface area contributed by atoms with Crippen molar-refractivity contribution in [2.24, 2.45) is 0 Å². The van der Waals surface area contributed by atoms with Crippen LogP contribution in [-0.2, 0) is 0 Å². The molecule has 0 amide bonds. The second-order valence-electron chi connectivity index (χ2n) is 5.20. The van der Waals surface area contributed by atoms with Gasteiger partial charge in [0.1, 0.15) is 11.8 Å². The van der Waals surface area contributed by atoms with Gasteiger partial charge in [0, 0.05) is 12.1 Å². The Balaban J connectivity index is 1.94. The number of nitrogens with zero attached hydrogens (tertiary/aromatic N) is 1. The lowest BCUT2D eigenvalue weighted by atomic mass is 10.1. The fourth-order valence-electron chi connectivity index (χ4n) is 2.26. The molecule has 0 fully saturated rings. The Labute approximate surface area is 131 Å². The third-order valence-corrected chi connectivity index (χ3v) is 3.52. The molecule has 0 aliphatic rings. The van der Waals surface area contributed by atoms with E-state index in [1.54, 1.807) is 30.4 Å². The number of aryl methyl sites for hydroxylation is 1. The van der Waals surface area contributed by atoms with Gasteiger partial charge in [-0.1, -0.05) is 12.1 Å². The van der Waals surface area contributed by atoms with Crippen molar-refractivity contribution in [3.63, 3.8) is 0 Å². The maximum Gasteiger partial charge on any atom is 0.269 e. The molecule has 0 unspecified atom stereocenters. The molecule has 114 valence electrons. The topological polar surface area (TPSA) is 73.3 Å². The molecule has 0 bridgehead atoms. The van der Waals surface area contributed by atoms with Crippen LogP contribution in [0.25, 0.3) is 23.1 Å². The molecule has 0 saturated heterocycles. The standard InChI is InChI=1S/C18H13NO4/c1-12-2-9-16-17(10-12)23-11-14(18(16)20)6-3-13-4-7-15(8-5-13)19(21)22/h2-11H,1H3/b6-3+. The lowest BCUT2D eigenvalue weighted by Gasteiger charge is -2.00. The first kappa shape index (κ1) is 14.7. The van der Waals surface area contributed by atoms with Crippen molar-refractivity contribution in [3.05, 3.63) is 85.8 Å². The number of nitro benzene ring substituents is 1. The summed E-state index contributed by atoms with van der Waals surface area (Å²) >= 11 is 0. The first-order valence-corrected chi connectivity index (χ1v) is 6.99. The van der Waals surface area contributed by atoms with Crippen LogP contribution in [0.15, 0.2) is 57.9 Å². The number of hydrogen-bond donors (Lipinski definition) is 0. The first-order valence-electron chi connectivity index (χ1n) is 6.99. The van der Waals surface area contributed by atoms with E-state index in [1.807, 2.05) is 19.1 Å². The van der Waals surface area contributed by atoms with Crippen molar-refractivity contribution in [3.8, 4) is 0 Å². The molecule has 0 atom stereocenters. The van der Waals surface area contributed by atoms with E-state index in [1.165, 1.54) is 18.4 Å². The lowest BCUT2D eigenvalue weighted by molar-refractivity contribution is -0.384. The zero-order valence-electron chi connectivity index (χ0n) is 12.4. The zero-order valence-corrected chi connectivity index (χ0v) is 12.4. The number of non-ortho nitro benzene ring substituents is 1. The molecular weight excluding hydrogens is 294 g/mol. The van der Waals surface area contributed by atoms with E-state index < -0.39 is 4.92 Å². The van der Waals surface area contributed by atoms with E-state index in [0.717, 1.165) is 11.1 Å². The fourth-order valence-corrected chi connectivity index (χ4v) is 2.26. The summed E-state index contributed by atoms with van der Waals surface area (Å²) in [6, 6.07) is 11.5. The molecule has 0 aliphatic carbocycles. The van der Waals surface area contributed by atoms with Crippen LogP contribution in [0.5, 0.6) is 0 Å². The molecule has 5 nitrogen and oxygen atoms in total. The molecule has 0 N–H and O–H groups in total. The predicted octanol–water partition coefficient (Wildman–Crippen LogP) is 4.18. The summed E-state index contributed by atoms with van der Waals surface area (Å²) in [7, 11) is 0. The number of hydrogen-bond acceptors (Lipinski definition) is 4. The van der Waals surface area contributed by atoms with Crippen molar-refractivity contribution in [2.75, 3.05) is 0 Å². The zero-order chi connectivity index (χ0) is 16.4. The Morgan fingerprint density at radius 1 is 1.09 bits per heavy atom.